The fourth-order valence-electron chi connectivity index (χ4n) is 6.65. The molecule has 0 radical (unpaired) electrons. The predicted molar refractivity (Wildman–Crippen MR) is 213 cm³/mol. The number of carboxylic acids is 1. The zero-order valence-electron chi connectivity index (χ0n) is 32.8. The largest absolute Gasteiger partial charge is 0.480 e. The third kappa shape index (κ3) is 30.5. The summed E-state index contributed by atoms with van der Waals surface area (Å²) in [7, 11) is 0. The standard InChI is InChI=1S/C42H81NO6S/c1-3-5-7-9-11-13-15-17-19-21-23-25-27-29-31-33-40(46)43(39(42(48)49)37-50-36-38(45)35-44)41(47)34-32-30-28-26-24-22-20-18-16-14-12-10-8-6-4-2/h38-39,44-45H,3-37H2,1-2H3,(H,48,49)/t38?,39-/m0/s1. The van der Waals surface area contributed by atoms with Crippen molar-refractivity contribution in [2.45, 2.75) is 231 Å². The zero-order chi connectivity index (χ0) is 36.9. The SMILES string of the molecule is CCCCCCCCCCCCCCCCCC(=O)N(C(=O)CCCCCCCCCCCCCCCCC)[C@@H](CSCC(O)CO)C(=O)O. The molecule has 0 rings (SSSR count). The third-order valence-electron chi connectivity index (χ3n) is 9.92. The Balaban J connectivity index is 4.43. The van der Waals surface area contributed by atoms with Gasteiger partial charge in [-0.1, -0.05) is 194 Å². The van der Waals surface area contributed by atoms with E-state index in [0.717, 1.165) is 55.2 Å². The number of thioether (sulfide) groups is 1. The Morgan fingerprint density at radius 2 is 0.760 bits per heavy atom. The molecule has 0 heterocycles. The van der Waals surface area contributed by atoms with Gasteiger partial charge in [-0.3, -0.25) is 14.5 Å². The number of unbranched alkanes of at least 4 members (excludes halogenated alkanes) is 28. The molecule has 0 bridgehead atoms. The van der Waals surface area contributed by atoms with Crippen LogP contribution in [0.15, 0.2) is 0 Å². The van der Waals surface area contributed by atoms with Gasteiger partial charge in [-0.2, -0.15) is 11.8 Å². The van der Waals surface area contributed by atoms with Crippen LogP contribution in [0.3, 0.4) is 0 Å². The molecule has 3 N–H and O–H groups in total. The maximum atomic E-state index is 13.3. The average Bonchev–Trinajstić information content (AvgIpc) is 3.10. The van der Waals surface area contributed by atoms with Crippen LogP contribution in [0, 0.1) is 0 Å². The molecule has 0 saturated heterocycles. The first-order valence-electron chi connectivity index (χ1n) is 21.3. The summed E-state index contributed by atoms with van der Waals surface area (Å²) in [6.45, 7) is 4.10. The average molecular weight is 728 g/mol. The van der Waals surface area contributed by atoms with Gasteiger partial charge in [0.2, 0.25) is 11.8 Å². The van der Waals surface area contributed by atoms with Crippen LogP contribution >= 0.6 is 11.8 Å². The minimum atomic E-state index is -1.27. The van der Waals surface area contributed by atoms with Crippen LogP contribution in [0.4, 0.5) is 0 Å². The molecular formula is C42H81NO6S. The highest BCUT2D eigenvalue weighted by Crippen LogP contribution is 2.19. The van der Waals surface area contributed by atoms with Crippen molar-refractivity contribution < 1.29 is 29.7 Å². The second-order valence-electron chi connectivity index (χ2n) is 14.8. The van der Waals surface area contributed by atoms with Crippen LogP contribution < -0.4 is 0 Å². The van der Waals surface area contributed by atoms with Gasteiger partial charge < -0.3 is 15.3 Å². The van der Waals surface area contributed by atoms with Crippen molar-refractivity contribution in [3.05, 3.63) is 0 Å². The first-order valence-corrected chi connectivity index (χ1v) is 22.5. The van der Waals surface area contributed by atoms with Gasteiger partial charge in [-0.05, 0) is 12.8 Å². The van der Waals surface area contributed by atoms with Crippen LogP contribution in [0.2, 0.25) is 0 Å². The van der Waals surface area contributed by atoms with E-state index in [9.17, 15) is 24.6 Å². The topological polar surface area (TPSA) is 115 Å². The van der Waals surface area contributed by atoms with Crippen molar-refractivity contribution in [2.75, 3.05) is 18.1 Å². The van der Waals surface area contributed by atoms with Crippen LogP contribution in [0.25, 0.3) is 0 Å². The van der Waals surface area contributed by atoms with Gasteiger partial charge in [-0.25, -0.2) is 4.79 Å². The maximum Gasteiger partial charge on any atom is 0.327 e. The van der Waals surface area contributed by atoms with E-state index in [-0.39, 0.29) is 24.3 Å². The third-order valence-corrected chi connectivity index (χ3v) is 11.1. The molecule has 0 aromatic heterocycles. The van der Waals surface area contributed by atoms with Gasteiger partial charge in [0.1, 0.15) is 6.04 Å². The van der Waals surface area contributed by atoms with Crippen LogP contribution in [-0.4, -0.2) is 68.3 Å². The summed E-state index contributed by atoms with van der Waals surface area (Å²) >= 11 is 1.15. The molecule has 2 atom stereocenters. The smallest absolute Gasteiger partial charge is 0.327 e. The molecule has 0 aromatic rings. The first kappa shape index (κ1) is 48.9. The number of aliphatic hydroxyl groups excluding tert-OH is 2. The van der Waals surface area contributed by atoms with E-state index >= 15 is 0 Å². The number of amides is 2. The van der Waals surface area contributed by atoms with E-state index in [1.54, 1.807) is 0 Å². The first-order chi connectivity index (χ1) is 24.4. The predicted octanol–water partition coefficient (Wildman–Crippen LogP) is 11.4. The highest BCUT2D eigenvalue weighted by atomic mass is 32.2. The molecule has 0 fully saturated rings. The Kier molecular flexibility index (Phi) is 36.8. The summed E-state index contributed by atoms with van der Waals surface area (Å²) < 4.78 is 0. The number of imide groups is 1. The summed E-state index contributed by atoms with van der Waals surface area (Å²) in [6, 6.07) is -1.27. The normalized spacial score (nSPS) is 12.6. The highest BCUT2D eigenvalue weighted by Gasteiger charge is 2.34. The lowest BCUT2D eigenvalue weighted by atomic mass is 10.0. The number of carbonyl (C=O) groups is 3. The lowest BCUT2D eigenvalue weighted by Crippen LogP contribution is -2.50. The fourth-order valence-corrected chi connectivity index (χ4v) is 7.68. The lowest BCUT2D eigenvalue weighted by Gasteiger charge is -2.27. The summed E-state index contributed by atoms with van der Waals surface area (Å²) in [5, 5.41) is 28.8. The number of aliphatic hydroxyl groups is 2. The number of carbonyl (C=O) groups excluding carboxylic acids is 2. The van der Waals surface area contributed by atoms with Crippen molar-refractivity contribution >= 4 is 29.5 Å². The van der Waals surface area contributed by atoms with Gasteiger partial charge in [0.15, 0.2) is 0 Å². The fraction of sp³-hybridized carbons (Fsp3) is 0.929. The van der Waals surface area contributed by atoms with Crippen LogP contribution in [0.5, 0.6) is 0 Å². The van der Waals surface area contributed by atoms with E-state index in [4.69, 9.17) is 5.11 Å². The number of nitrogens with zero attached hydrogens (tertiary/aromatic N) is 1. The van der Waals surface area contributed by atoms with E-state index in [1.807, 2.05) is 0 Å². The minimum absolute atomic E-state index is 0.00158. The number of hydrogen-bond donors (Lipinski definition) is 3. The number of rotatable bonds is 39. The summed E-state index contributed by atoms with van der Waals surface area (Å²) in [6.07, 6.45) is 36.1. The Labute approximate surface area is 312 Å². The van der Waals surface area contributed by atoms with Crippen molar-refractivity contribution in [2.24, 2.45) is 0 Å². The van der Waals surface area contributed by atoms with Crippen molar-refractivity contribution in [3.8, 4) is 0 Å². The quantitative estimate of drug-likeness (QED) is 0.0540. The Hall–Kier alpha value is -1.12. The maximum absolute atomic E-state index is 13.3. The molecule has 0 aliphatic carbocycles. The summed E-state index contributed by atoms with van der Waals surface area (Å²) in [5.41, 5.74) is 0. The van der Waals surface area contributed by atoms with E-state index in [2.05, 4.69) is 13.8 Å². The monoisotopic (exact) mass is 728 g/mol. The Morgan fingerprint density at radius 1 is 0.480 bits per heavy atom. The van der Waals surface area contributed by atoms with Gasteiger partial charge in [-0.15, -0.1) is 0 Å². The van der Waals surface area contributed by atoms with Crippen molar-refractivity contribution in [1.82, 2.24) is 4.90 Å². The van der Waals surface area contributed by atoms with Gasteiger partial charge in [0.05, 0.1) is 12.7 Å². The molecule has 7 nitrogen and oxygen atoms in total. The van der Waals surface area contributed by atoms with Crippen LogP contribution in [0.1, 0.15) is 219 Å². The van der Waals surface area contributed by atoms with E-state index < -0.39 is 36.5 Å². The summed E-state index contributed by atoms with van der Waals surface area (Å²) in [5.74, 6) is -1.86. The zero-order valence-corrected chi connectivity index (χ0v) is 33.6. The van der Waals surface area contributed by atoms with Gasteiger partial charge >= 0.3 is 5.97 Å². The molecule has 296 valence electrons. The van der Waals surface area contributed by atoms with Crippen LogP contribution in [-0.2, 0) is 14.4 Å². The molecule has 0 aliphatic rings. The number of carboxylic acid groups (broad SMARTS) is 1. The summed E-state index contributed by atoms with van der Waals surface area (Å²) in [4.78, 5) is 39.9. The lowest BCUT2D eigenvalue weighted by molar-refractivity contribution is -0.157. The second-order valence-corrected chi connectivity index (χ2v) is 15.9. The van der Waals surface area contributed by atoms with Gasteiger partial charge in [0, 0.05) is 24.3 Å². The minimum Gasteiger partial charge on any atom is -0.480 e. The van der Waals surface area contributed by atoms with Crippen molar-refractivity contribution in [1.29, 1.82) is 0 Å². The molecular weight excluding hydrogens is 647 g/mol. The molecule has 0 saturated carbocycles. The van der Waals surface area contributed by atoms with Gasteiger partial charge in [0.25, 0.3) is 0 Å². The number of aliphatic carboxylic acids is 1. The second kappa shape index (κ2) is 37.6. The molecule has 8 heteroatoms. The van der Waals surface area contributed by atoms with E-state index in [0.29, 0.717) is 12.8 Å². The molecule has 0 aromatic carbocycles. The van der Waals surface area contributed by atoms with E-state index in [1.165, 1.54) is 141 Å². The number of hydrogen-bond acceptors (Lipinski definition) is 6. The molecule has 1 unspecified atom stereocenters. The molecule has 2 amide bonds. The Bertz CT molecular complexity index is 735. The Morgan fingerprint density at radius 3 is 1.02 bits per heavy atom. The molecule has 50 heavy (non-hydrogen) atoms. The highest BCUT2D eigenvalue weighted by molar-refractivity contribution is 7.99. The molecule has 0 spiro atoms. The molecule has 0 aliphatic heterocycles. The van der Waals surface area contributed by atoms with Crippen molar-refractivity contribution in [3.63, 3.8) is 0 Å².